The highest BCUT2D eigenvalue weighted by molar-refractivity contribution is 6.00. The number of likely N-dealkylation sites (tertiary alicyclic amines) is 1. The van der Waals surface area contributed by atoms with Crippen molar-refractivity contribution in [3.8, 4) is 0 Å². The van der Waals surface area contributed by atoms with Gasteiger partial charge in [-0.2, -0.15) is 0 Å². The van der Waals surface area contributed by atoms with Gasteiger partial charge in [0.25, 0.3) is 0 Å². The van der Waals surface area contributed by atoms with Crippen molar-refractivity contribution in [3.05, 3.63) is 0 Å². The summed E-state index contributed by atoms with van der Waals surface area (Å²) in [6.45, 7) is 10.2. The minimum atomic E-state index is -2.01. The van der Waals surface area contributed by atoms with Gasteiger partial charge < -0.3 is 20.3 Å². The fourth-order valence-corrected chi connectivity index (χ4v) is 2.52. The normalized spacial score (nSPS) is 25.1. The second-order valence-corrected chi connectivity index (χ2v) is 8.00. The number of hydrogen-bond acceptors (Lipinski definition) is 6. The highest BCUT2D eigenvalue weighted by Crippen LogP contribution is 2.37. The van der Waals surface area contributed by atoms with Gasteiger partial charge in [-0.15, -0.1) is 0 Å². The van der Waals surface area contributed by atoms with Crippen LogP contribution in [0.25, 0.3) is 0 Å². The van der Waals surface area contributed by atoms with Gasteiger partial charge >= 0.3 is 18.0 Å². The van der Waals surface area contributed by atoms with Crippen LogP contribution >= 0.6 is 0 Å². The molecule has 0 aromatic carbocycles. The molecule has 1 fully saturated rings. The van der Waals surface area contributed by atoms with E-state index in [9.17, 15) is 19.5 Å². The van der Waals surface area contributed by atoms with Crippen molar-refractivity contribution in [2.75, 3.05) is 6.54 Å². The van der Waals surface area contributed by atoms with Gasteiger partial charge in [-0.25, -0.2) is 4.79 Å². The van der Waals surface area contributed by atoms with Gasteiger partial charge in [0.15, 0.2) is 5.41 Å². The maximum Gasteiger partial charge on any atom is 0.411 e. The van der Waals surface area contributed by atoms with E-state index in [4.69, 9.17) is 15.2 Å². The number of hydrogen-bond donors (Lipinski definition) is 2. The largest absolute Gasteiger partial charge is 0.480 e. The predicted molar refractivity (Wildman–Crippen MR) is 86.1 cm³/mol. The third kappa shape index (κ3) is 4.37. The first-order valence-corrected chi connectivity index (χ1v) is 7.93. The van der Waals surface area contributed by atoms with E-state index in [1.165, 1.54) is 0 Å². The molecule has 1 heterocycles. The Morgan fingerprint density at radius 3 is 2.00 bits per heavy atom. The van der Waals surface area contributed by atoms with Crippen LogP contribution < -0.4 is 5.73 Å². The molecule has 2 atom stereocenters. The smallest absolute Gasteiger partial charge is 0.411 e. The number of aliphatic carboxylic acids is 1. The summed E-state index contributed by atoms with van der Waals surface area (Å²) in [6.07, 6.45) is -1.81. The molecule has 0 bridgehead atoms. The summed E-state index contributed by atoms with van der Waals surface area (Å²) >= 11 is 0. The standard InChI is InChI=1S/C16H28N2O6/c1-14(2,3)23-12(21)16(11(19)20)8-7-9-18(10(16)17)13(22)24-15(4,5)6/h10H,7-9,17H2,1-6H3,(H,19,20). The minimum Gasteiger partial charge on any atom is -0.480 e. The Bertz CT molecular complexity index is 520. The Labute approximate surface area is 142 Å². The van der Waals surface area contributed by atoms with E-state index < -0.39 is 40.8 Å². The molecule has 0 radical (unpaired) electrons. The first-order valence-electron chi connectivity index (χ1n) is 7.93. The van der Waals surface area contributed by atoms with E-state index >= 15 is 0 Å². The molecule has 1 saturated heterocycles. The summed E-state index contributed by atoms with van der Waals surface area (Å²) in [5.41, 5.74) is 2.41. The van der Waals surface area contributed by atoms with Crippen molar-refractivity contribution >= 4 is 18.0 Å². The Morgan fingerprint density at radius 1 is 1.08 bits per heavy atom. The minimum absolute atomic E-state index is 0.00227. The quantitative estimate of drug-likeness (QED) is 0.578. The number of carbonyl (C=O) groups is 3. The number of amides is 1. The Morgan fingerprint density at radius 2 is 1.58 bits per heavy atom. The molecule has 8 heteroatoms. The highest BCUT2D eigenvalue weighted by Gasteiger charge is 2.58. The molecule has 24 heavy (non-hydrogen) atoms. The van der Waals surface area contributed by atoms with Gasteiger partial charge in [-0.05, 0) is 54.4 Å². The molecule has 0 spiro atoms. The fourth-order valence-electron chi connectivity index (χ4n) is 2.52. The third-order valence-corrected chi connectivity index (χ3v) is 3.58. The zero-order valence-corrected chi connectivity index (χ0v) is 15.2. The highest BCUT2D eigenvalue weighted by atomic mass is 16.6. The maximum absolute atomic E-state index is 12.6. The van der Waals surface area contributed by atoms with Crippen molar-refractivity contribution in [3.63, 3.8) is 0 Å². The van der Waals surface area contributed by atoms with E-state index in [1.54, 1.807) is 41.5 Å². The third-order valence-electron chi connectivity index (χ3n) is 3.58. The monoisotopic (exact) mass is 344 g/mol. The Kier molecular flexibility index (Phi) is 5.54. The van der Waals surface area contributed by atoms with E-state index in [0.29, 0.717) is 6.42 Å². The number of nitrogens with zero attached hydrogens (tertiary/aromatic N) is 1. The summed E-state index contributed by atoms with van der Waals surface area (Å²) < 4.78 is 10.5. The summed E-state index contributed by atoms with van der Waals surface area (Å²) in [7, 11) is 0. The van der Waals surface area contributed by atoms with Crippen LogP contribution in [0.15, 0.2) is 0 Å². The van der Waals surface area contributed by atoms with Crippen LogP contribution in [0.4, 0.5) is 4.79 Å². The molecule has 0 saturated carbocycles. The van der Waals surface area contributed by atoms with Crippen LogP contribution in [0.1, 0.15) is 54.4 Å². The molecule has 2 unspecified atom stereocenters. The van der Waals surface area contributed by atoms with Crippen molar-refractivity contribution in [2.45, 2.75) is 71.8 Å². The summed E-state index contributed by atoms with van der Waals surface area (Å²) in [5, 5.41) is 9.70. The predicted octanol–water partition coefficient (Wildman–Crippen LogP) is 1.71. The molecule has 0 aliphatic carbocycles. The molecule has 1 rings (SSSR count). The molecule has 1 aliphatic rings. The molecule has 0 aromatic rings. The van der Waals surface area contributed by atoms with Crippen molar-refractivity contribution < 1.29 is 29.0 Å². The number of rotatable bonds is 2. The first kappa shape index (κ1) is 20.2. The van der Waals surface area contributed by atoms with Crippen LogP contribution in [0.5, 0.6) is 0 Å². The first-order chi connectivity index (χ1) is 10.7. The molecule has 1 amide bonds. The van der Waals surface area contributed by atoms with Crippen molar-refractivity contribution in [1.29, 1.82) is 0 Å². The maximum atomic E-state index is 12.6. The molecule has 8 nitrogen and oxygen atoms in total. The Balaban J connectivity index is 3.15. The Hall–Kier alpha value is -1.83. The molecule has 138 valence electrons. The van der Waals surface area contributed by atoms with Crippen LogP contribution in [0.2, 0.25) is 0 Å². The lowest BCUT2D eigenvalue weighted by molar-refractivity contribution is -0.185. The lowest BCUT2D eigenvalue weighted by atomic mass is 9.76. The van der Waals surface area contributed by atoms with Crippen LogP contribution in [-0.4, -0.2) is 52.0 Å². The van der Waals surface area contributed by atoms with Crippen molar-refractivity contribution in [2.24, 2.45) is 11.1 Å². The zero-order valence-electron chi connectivity index (χ0n) is 15.2. The van der Waals surface area contributed by atoms with Crippen LogP contribution in [-0.2, 0) is 19.1 Å². The lowest BCUT2D eigenvalue weighted by Gasteiger charge is -2.44. The summed E-state index contributed by atoms with van der Waals surface area (Å²) in [4.78, 5) is 37.9. The lowest BCUT2D eigenvalue weighted by Crippen LogP contribution is -2.66. The van der Waals surface area contributed by atoms with E-state index in [1.807, 2.05) is 0 Å². The molecule has 3 N–H and O–H groups in total. The number of ether oxygens (including phenoxy) is 2. The topological polar surface area (TPSA) is 119 Å². The van der Waals surface area contributed by atoms with E-state index in [-0.39, 0.29) is 13.0 Å². The van der Waals surface area contributed by atoms with Crippen LogP contribution in [0.3, 0.4) is 0 Å². The average Bonchev–Trinajstić information content (AvgIpc) is 2.34. The number of nitrogens with two attached hydrogens (primary N) is 1. The number of esters is 1. The molecule has 1 aliphatic heterocycles. The van der Waals surface area contributed by atoms with Crippen molar-refractivity contribution in [1.82, 2.24) is 4.90 Å². The van der Waals surface area contributed by atoms with E-state index in [0.717, 1.165) is 4.90 Å². The number of carboxylic acids is 1. The van der Waals surface area contributed by atoms with Gasteiger partial charge in [0.05, 0.1) is 0 Å². The molecular formula is C16H28N2O6. The van der Waals surface area contributed by atoms with Gasteiger partial charge in [-0.3, -0.25) is 14.5 Å². The fraction of sp³-hybridized carbons (Fsp3) is 0.812. The van der Waals surface area contributed by atoms with Gasteiger partial charge in [-0.1, -0.05) is 0 Å². The molecular weight excluding hydrogens is 316 g/mol. The number of carboxylic acid groups (broad SMARTS) is 1. The summed E-state index contributed by atoms with van der Waals surface area (Å²) in [6, 6.07) is 0. The van der Waals surface area contributed by atoms with Gasteiger partial charge in [0, 0.05) is 6.54 Å². The zero-order chi connectivity index (χ0) is 18.9. The van der Waals surface area contributed by atoms with Gasteiger partial charge in [0.1, 0.15) is 17.4 Å². The second kappa shape index (κ2) is 6.58. The SMILES string of the molecule is CC(C)(C)OC(=O)N1CCCC(C(=O)O)(C(=O)OC(C)(C)C)C1N. The number of piperidine rings is 1. The summed E-state index contributed by atoms with van der Waals surface area (Å²) in [5.74, 6) is -2.35. The number of carbonyl (C=O) groups excluding carboxylic acids is 2. The molecule has 0 aromatic heterocycles. The van der Waals surface area contributed by atoms with E-state index in [2.05, 4.69) is 0 Å². The van der Waals surface area contributed by atoms with Gasteiger partial charge in [0.2, 0.25) is 0 Å². The second-order valence-electron chi connectivity index (χ2n) is 8.00. The van der Waals surface area contributed by atoms with Crippen LogP contribution in [0, 0.1) is 5.41 Å². The average molecular weight is 344 g/mol.